The Morgan fingerprint density at radius 1 is 0.939 bits per heavy atom. The van der Waals surface area contributed by atoms with E-state index >= 15 is 0 Å². The van der Waals surface area contributed by atoms with Gasteiger partial charge in [-0.3, -0.25) is 9.59 Å². The van der Waals surface area contributed by atoms with E-state index in [1.54, 1.807) is 37.4 Å². The van der Waals surface area contributed by atoms with E-state index in [-0.39, 0.29) is 17.4 Å². The molecule has 0 radical (unpaired) electrons. The zero-order valence-corrected chi connectivity index (χ0v) is 20.2. The standard InChI is InChI=1S/C22H23N3O4.2C2H6/c1-3-19-15(2)21(26)24-9-10-28-11-12-29-20-14-17(7-8-23-20)16-5-4-6-18(13-16)22(27)25-19;2*1-2/h3-8,13-14H,2,9-12H2,1H3,(H,24,26)(H,25,27);2*1-2H3/b19-3+;;. The maximum absolute atomic E-state index is 12.7. The van der Waals surface area contributed by atoms with Crippen LogP contribution in [0, 0.1) is 0 Å². The summed E-state index contributed by atoms with van der Waals surface area (Å²) >= 11 is 0. The summed E-state index contributed by atoms with van der Waals surface area (Å²) in [5.74, 6) is -0.223. The number of fused-ring (bicyclic) bond motifs is 5. The number of carbonyl (C=O) groups is 2. The third-order valence-electron chi connectivity index (χ3n) is 4.34. The van der Waals surface area contributed by atoms with Gasteiger partial charge in [0.25, 0.3) is 11.8 Å². The summed E-state index contributed by atoms with van der Waals surface area (Å²) in [6.45, 7) is 14.9. The highest BCUT2D eigenvalue weighted by Crippen LogP contribution is 2.23. The summed E-state index contributed by atoms with van der Waals surface area (Å²) < 4.78 is 11.1. The monoisotopic (exact) mass is 453 g/mol. The van der Waals surface area contributed by atoms with Crippen molar-refractivity contribution in [1.29, 1.82) is 0 Å². The van der Waals surface area contributed by atoms with Gasteiger partial charge in [0.2, 0.25) is 5.88 Å². The molecule has 0 unspecified atom stereocenters. The first-order chi connectivity index (χ1) is 16.1. The van der Waals surface area contributed by atoms with Crippen LogP contribution in [0.25, 0.3) is 11.1 Å². The second-order valence-corrected chi connectivity index (χ2v) is 6.32. The number of hydrogen-bond acceptors (Lipinski definition) is 5. The van der Waals surface area contributed by atoms with Crippen molar-refractivity contribution in [1.82, 2.24) is 15.6 Å². The van der Waals surface area contributed by atoms with Crippen LogP contribution in [-0.4, -0.2) is 43.2 Å². The van der Waals surface area contributed by atoms with Gasteiger partial charge in [0, 0.05) is 30.1 Å². The van der Waals surface area contributed by atoms with Crippen molar-refractivity contribution in [3.8, 4) is 17.0 Å². The number of hydrogen-bond donors (Lipinski definition) is 2. The van der Waals surface area contributed by atoms with E-state index in [1.165, 1.54) is 0 Å². The van der Waals surface area contributed by atoms with Crippen molar-refractivity contribution in [2.24, 2.45) is 0 Å². The van der Waals surface area contributed by atoms with Crippen molar-refractivity contribution >= 4 is 11.8 Å². The van der Waals surface area contributed by atoms with Crippen molar-refractivity contribution < 1.29 is 19.1 Å². The Balaban J connectivity index is 0.00000129. The molecule has 1 aromatic carbocycles. The van der Waals surface area contributed by atoms with Crippen LogP contribution in [0.4, 0.5) is 0 Å². The lowest BCUT2D eigenvalue weighted by molar-refractivity contribution is -0.117. The maximum atomic E-state index is 12.7. The van der Waals surface area contributed by atoms with Crippen LogP contribution < -0.4 is 15.4 Å². The first-order valence-corrected chi connectivity index (χ1v) is 11.3. The molecule has 33 heavy (non-hydrogen) atoms. The molecule has 3 rings (SSSR count). The number of pyridine rings is 1. The predicted octanol–water partition coefficient (Wildman–Crippen LogP) is 4.52. The van der Waals surface area contributed by atoms with Gasteiger partial charge in [0.1, 0.15) is 6.61 Å². The Labute approximate surface area is 196 Å². The molecule has 2 heterocycles. The fourth-order valence-electron chi connectivity index (χ4n) is 2.80. The largest absolute Gasteiger partial charge is 0.475 e. The Morgan fingerprint density at radius 3 is 2.36 bits per heavy atom. The normalized spacial score (nSPS) is 15.8. The molecule has 2 aromatic rings. The lowest BCUT2D eigenvalue weighted by Crippen LogP contribution is -2.33. The van der Waals surface area contributed by atoms with Crippen molar-refractivity contribution in [3.63, 3.8) is 0 Å². The second kappa shape index (κ2) is 15.4. The molecule has 0 saturated heterocycles. The van der Waals surface area contributed by atoms with Crippen LogP contribution in [-0.2, 0) is 9.53 Å². The Morgan fingerprint density at radius 2 is 1.64 bits per heavy atom. The molecule has 2 amide bonds. The van der Waals surface area contributed by atoms with Gasteiger partial charge in [0.15, 0.2) is 0 Å². The van der Waals surface area contributed by atoms with Gasteiger partial charge in [-0.2, -0.15) is 0 Å². The highest BCUT2D eigenvalue weighted by atomic mass is 16.5. The highest BCUT2D eigenvalue weighted by Gasteiger charge is 2.15. The lowest BCUT2D eigenvalue weighted by Gasteiger charge is -2.14. The molecule has 0 fully saturated rings. The summed E-state index contributed by atoms with van der Waals surface area (Å²) in [6, 6.07) is 10.9. The van der Waals surface area contributed by atoms with Crippen molar-refractivity contribution in [2.75, 3.05) is 26.4 Å². The van der Waals surface area contributed by atoms with Gasteiger partial charge >= 0.3 is 0 Å². The van der Waals surface area contributed by atoms with Crippen LogP contribution >= 0.6 is 0 Å². The molecule has 178 valence electrons. The smallest absolute Gasteiger partial charge is 0.255 e. The fraction of sp³-hybridized carbons (Fsp3) is 0.346. The topological polar surface area (TPSA) is 89.6 Å². The molecule has 2 N–H and O–H groups in total. The minimum Gasteiger partial charge on any atom is -0.475 e. The molecular weight excluding hydrogens is 418 g/mol. The summed E-state index contributed by atoms with van der Waals surface area (Å²) in [4.78, 5) is 29.2. The van der Waals surface area contributed by atoms with E-state index in [0.29, 0.717) is 43.5 Å². The number of carbonyl (C=O) groups excluding carboxylic acids is 2. The highest BCUT2D eigenvalue weighted by molar-refractivity contribution is 6.01. The van der Waals surface area contributed by atoms with E-state index in [4.69, 9.17) is 9.47 Å². The molecule has 0 aliphatic carbocycles. The zero-order valence-electron chi connectivity index (χ0n) is 20.2. The minimum absolute atomic E-state index is 0.181. The van der Waals surface area contributed by atoms with E-state index in [0.717, 1.165) is 11.1 Å². The van der Waals surface area contributed by atoms with Crippen LogP contribution in [0.1, 0.15) is 45.0 Å². The summed E-state index contributed by atoms with van der Waals surface area (Å²) in [5, 5.41) is 5.48. The quantitative estimate of drug-likeness (QED) is 0.573. The van der Waals surface area contributed by atoms with E-state index in [2.05, 4.69) is 22.2 Å². The second-order valence-electron chi connectivity index (χ2n) is 6.32. The molecule has 0 saturated carbocycles. The van der Waals surface area contributed by atoms with Crippen molar-refractivity contribution in [3.05, 3.63) is 72.1 Å². The fourth-order valence-corrected chi connectivity index (χ4v) is 2.80. The number of benzene rings is 1. The third kappa shape index (κ3) is 8.54. The number of nitrogens with one attached hydrogen (secondary N) is 2. The maximum Gasteiger partial charge on any atom is 0.255 e. The molecule has 1 aliphatic rings. The third-order valence-corrected chi connectivity index (χ3v) is 4.34. The Kier molecular flexibility index (Phi) is 12.8. The average molecular weight is 454 g/mol. The van der Waals surface area contributed by atoms with Gasteiger partial charge < -0.3 is 20.1 Å². The first-order valence-electron chi connectivity index (χ1n) is 11.3. The SMILES string of the molecule is C=C1C(=O)NCCOCCOc2cc(ccn2)-c2cccc(c2)C(=O)N/C1=C/C.CC.CC. The molecule has 1 aromatic heterocycles. The molecule has 1 aliphatic heterocycles. The molecule has 0 spiro atoms. The summed E-state index contributed by atoms with van der Waals surface area (Å²) in [7, 11) is 0. The Hall–Kier alpha value is -3.45. The zero-order chi connectivity index (χ0) is 24.6. The van der Waals surface area contributed by atoms with E-state index in [1.807, 2.05) is 45.9 Å². The van der Waals surface area contributed by atoms with Crippen LogP contribution in [0.2, 0.25) is 0 Å². The van der Waals surface area contributed by atoms with Crippen LogP contribution in [0.5, 0.6) is 5.88 Å². The van der Waals surface area contributed by atoms with Gasteiger partial charge in [-0.05, 0) is 36.2 Å². The van der Waals surface area contributed by atoms with Crippen LogP contribution in [0.3, 0.4) is 0 Å². The minimum atomic E-state index is -0.368. The van der Waals surface area contributed by atoms with Gasteiger partial charge in [-0.15, -0.1) is 0 Å². The number of nitrogens with zero attached hydrogens (tertiary/aromatic N) is 1. The number of ether oxygens (including phenoxy) is 2. The molecule has 7 nitrogen and oxygen atoms in total. The summed E-state index contributed by atoms with van der Waals surface area (Å²) in [6.07, 6.45) is 3.30. The van der Waals surface area contributed by atoms with Gasteiger partial charge in [-0.1, -0.05) is 52.5 Å². The van der Waals surface area contributed by atoms with Crippen molar-refractivity contribution in [2.45, 2.75) is 34.6 Å². The first kappa shape index (κ1) is 27.6. The molecule has 0 atom stereocenters. The number of rotatable bonds is 0. The molecular formula is C26H35N3O4. The van der Waals surface area contributed by atoms with E-state index < -0.39 is 0 Å². The molecule has 7 heteroatoms. The predicted molar refractivity (Wildman–Crippen MR) is 132 cm³/mol. The average Bonchev–Trinajstić information content (AvgIpc) is 2.88. The number of amides is 2. The van der Waals surface area contributed by atoms with Gasteiger partial charge in [-0.25, -0.2) is 4.98 Å². The number of aromatic nitrogens is 1. The van der Waals surface area contributed by atoms with Gasteiger partial charge in [0.05, 0.1) is 18.8 Å². The lowest BCUT2D eigenvalue weighted by atomic mass is 10.0. The summed E-state index contributed by atoms with van der Waals surface area (Å²) in [5.41, 5.74) is 2.73. The number of allylic oxidation sites excluding steroid dienone is 1. The molecule has 4 bridgehead atoms. The Bertz CT molecular complexity index is 954. The van der Waals surface area contributed by atoms with Crippen LogP contribution in [0.15, 0.2) is 66.5 Å². The van der Waals surface area contributed by atoms with E-state index in [9.17, 15) is 9.59 Å².